The molecule has 0 amide bonds. The third kappa shape index (κ3) is 5.97. The number of rotatable bonds is 8. The Morgan fingerprint density at radius 2 is 2.03 bits per heavy atom. The Labute approximate surface area is 198 Å². The zero-order chi connectivity index (χ0) is 21.8. The van der Waals surface area contributed by atoms with Crippen LogP contribution in [0.1, 0.15) is 56.6 Å². The number of carbonyl (C=O) groups excluding carboxylic acids is 1. The maximum absolute atomic E-state index is 12.3. The smallest absolute Gasteiger partial charge is 0.341 e. The lowest BCUT2D eigenvalue weighted by molar-refractivity contribution is 0.0438. The van der Waals surface area contributed by atoms with Crippen LogP contribution in [0.25, 0.3) is 5.69 Å². The molecule has 0 N–H and O–H groups in total. The third-order valence-electron chi connectivity index (χ3n) is 5.53. The highest BCUT2D eigenvalue weighted by Crippen LogP contribution is 2.44. The molecule has 2 aliphatic rings. The predicted octanol–water partition coefficient (Wildman–Crippen LogP) is 5.96. The lowest BCUT2D eigenvalue weighted by atomic mass is 9.99. The molecule has 1 aromatic carbocycles. The van der Waals surface area contributed by atoms with Crippen LogP contribution in [0.5, 0.6) is 5.75 Å². The SMILES string of the molecule is C.C.CC#Cc1cn(-c2ccc(C(=O)OCC)c(OCOC)c2)cc1CC1=CC2CC2C=C1. The van der Waals surface area contributed by atoms with E-state index < -0.39 is 5.97 Å². The van der Waals surface area contributed by atoms with Gasteiger partial charge in [-0.2, -0.15) is 0 Å². The second-order valence-corrected chi connectivity index (χ2v) is 7.77. The molecule has 0 saturated heterocycles. The average molecular weight is 450 g/mol. The van der Waals surface area contributed by atoms with Crippen LogP contribution in [-0.4, -0.2) is 31.0 Å². The Balaban J connectivity index is 0.00000193. The van der Waals surface area contributed by atoms with Gasteiger partial charge >= 0.3 is 5.97 Å². The van der Waals surface area contributed by atoms with E-state index in [1.165, 1.54) is 17.6 Å². The molecule has 4 rings (SSSR count). The van der Waals surface area contributed by atoms with Crippen molar-refractivity contribution in [2.75, 3.05) is 20.5 Å². The summed E-state index contributed by atoms with van der Waals surface area (Å²) in [7, 11) is 1.54. The molecule has 0 bridgehead atoms. The van der Waals surface area contributed by atoms with Crippen LogP contribution in [0.4, 0.5) is 0 Å². The van der Waals surface area contributed by atoms with Crippen LogP contribution in [-0.2, 0) is 15.9 Å². The number of benzene rings is 1. The van der Waals surface area contributed by atoms with E-state index in [0.717, 1.165) is 29.5 Å². The van der Waals surface area contributed by atoms with Gasteiger partial charge < -0.3 is 18.8 Å². The first-order chi connectivity index (χ1) is 15.1. The Kier molecular flexibility index (Phi) is 9.13. The van der Waals surface area contributed by atoms with Crippen LogP contribution >= 0.6 is 0 Å². The van der Waals surface area contributed by atoms with Crippen LogP contribution in [0.2, 0.25) is 0 Å². The number of esters is 1. The van der Waals surface area contributed by atoms with Crippen molar-refractivity contribution in [2.24, 2.45) is 11.8 Å². The summed E-state index contributed by atoms with van der Waals surface area (Å²) in [5.41, 5.74) is 4.78. The fourth-order valence-electron chi connectivity index (χ4n) is 3.89. The standard InChI is InChI=1S/C26H27NO4.2CH4/c1-4-6-20-15-27(16-22(20)12-18-7-8-19-13-21(19)11-18)23-9-10-24(26(28)30-5-2)25(14-23)31-17-29-3;;/h7-11,14-16,19,21H,5,12-13,17H2,1-3H3;2*1H4. The average Bonchev–Trinajstić information content (AvgIpc) is 3.44. The molecule has 1 fully saturated rings. The number of hydrogen-bond donors (Lipinski definition) is 0. The molecule has 5 heteroatoms. The third-order valence-corrected chi connectivity index (χ3v) is 5.53. The second kappa shape index (κ2) is 11.6. The molecule has 33 heavy (non-hydrogen) atoms. The molecular weight excluding hydrogens is 414 g/mol. The van der Waals surface area contributed by atoms with E-state index >= 15 is 0 Å². The van der Waals surface area contributed by atoms with Crippen molar-refractivity contribution in [2.45, 2.75) is 41.5 Å². The minimum absolute atomic E-state index is 0. The molecule has 1 heterocycles. The Hall–Kier alpha value is -3.23. The van der Waals surface area contributed by atoms with Gasteiger partial charge in [0.05, 0.1) is 6.61 Å². The highest BCUT2D eigenvalue weighted by Gasteiger charge is 2.34. The maximum atomic E-state index is 12.3. The molecular formula is C28H35NO4. The van der Waals surface area contributed by atoms with E-state index in [-0.39, 0.29) is 21.6 Å². The fraction of sp³-hybridized carbons (Fsp3) is 0.393. The quantitative estimate of drug-likeness (QED) is 0.284. The number of allylic oxidation sites excluding steroid dienone is 4. The molecule has 1 aromatic heterocycles. The van der Waals surface area contributed by atoms with Gasteiger partial charge in [0.1, 0.15) is 11.3 Å². The molecule has 1 saturated carbocycles. The van der Waals surface area contributed by atoms with Crippen molar-refractivity contribution in [3.63, 3.8) is 0 Å². The van der Waals surface area contributed by atoms with Crippen molar-refractivity contribution in [3.05, 3.63) is 71.1 Å². The van der Waals surface area contributed by atoms with Crippen LogP contribution in [0.15, 0.2) is 54.4 Å². The molecule has 0 radical (unpaired) electrons. The minimum Gasteiger partial charge on any atom is -0.467 e. The van der Waals surface area contributed by atoms with Crippen molar-refractivity contribution < 1.29 is 19.0 Å². The summed E-state index contributed by atoms with van der Waals surface area (Å²) in [6.07, 6.45) is 13.2. The van der Waals surface area contributed by atoms with E-state index in [2.05, 4.69) is 36.3 Å². The summed E-state index contributed by atoms with van der Waals surface area (Å²) in [5, 5.41) is 0. The number of nitrogens with zero attached hydrogens (tertiary/aromatic N) is 1. The number of ether oxygens (including phenoxy) is 3. The van der Waals surface area contributed by atoms with Gasteiger partial charge in [0, 0.05) is 36.8 Å². The van der Waals surface area contributed by atoms with Gasteiger partial charge in [-0.25, -0.2) is 4.79 Å². The molecule has 2 unspecified atom stereocenters. The summed E-state index contributed by atoms with van der Waals surface area (Å²) >= 11 is 0. The van der Waals surface area contributed by atoms with Crippen molar-refractivity contribution in [1.82, 2.24) is 4.57 Å². The predicted molar refractivity (Wildman–Crippen MR) is 133 cm³/mol. The summed E-state index contributed by atoms with van der Waals surface area (Å²) in [5.74, 6) is 7.73. The monoisotopic (exact) mass is 449 g/mol. The highest BCUT2D eigenvalue weighted by atomic mass is 16.7. The van der Waals surface area contributed by atoms with E-state index in [1.54, 1.807) is 20.1 Å². The first kappa shape index (κ1) is 26.0. The van der Waals surface area contributed by atoms with Gasteiger partial charge in [0.15, 0.2) is 6.79 Å². The van der Waals surface area contributed by atoms with Gasteiger partial charge in [-0.3, -0.25) is 0 Å². The zero-order valence-electron chi connectivity index (χ0n) is 18.2. The largest absolute Gasteiger partial charge is 0.467 e. The van der Waals surface area contributed by atoms with Crippen LogP contribution < -0.4 is 4.74 Å². The van der Waals surface area contributed by atoms with Gasteiger partial charge in [0.2, 0.25) is 0 Å². The first-order valence-corrected chi connectivity index (χ1v) is 10.6. The lowest BCUT2D eigenvalue weighted by Gasteiger charge is -2.12. The van der Waals surface area contributed by atoms with Crippen molar-refractivity contribution in [3.8, 4) is 23.3 Å². The highest BCUT2D eigenvalue weighted by molar-refractivity contribution is 5.93. The molecule has 5 nitrogen and oxygen atoms in total. The summed E-state index contributed by atoms with van der Waals surface area (Å²) in [4.78, 5) is 12.3. The maximum Gasteiger partial charge on any atom is 0.341 e. The van der Waals surface area contributed by atoms with Crippen molar-refractivity contribution >= 4 is 5.97 Å². The lowest BCUT2D eigenvalue weighted by Crippen LogP contribution is -2.10. The Morgan fingerprint density at radius 1 is 1.21 bits per heavy atom. The van der Waals surface area contributed by atoms with Crippen LogP contribution in [0, 0.1) is 23.7 Å². The summed E-state index contributed by atoms with van der Waals surface area (Å²) < 4.78 is 17.9. The molecule has 0 aliphatic heterocycles. The van der Waals surface area contributed by atoms with E-state index in [0.29, 0.717) is 17.9 Å². The number of fused-ring (bicyclic) bond motifs is 1. The molecule has 2 atom stereocenters. The van der Waals surface area contributed by atoms with Gasteiger partial charge in [-0.1, -0.05) is 39.0 Å². The van der Waals surface area contributed by atoms with Gasteiger partial charge in [-0.15, -0.1) is 5.92 Å². The summed E-state index contributed by atoms with van der Waals surface area (Å²) in [6.45, 7) is 3.97. The van der Waals surface area contributed by atoms with Crippen molar-refractivity contribution in [1.29, 1.82) is 0 Å². The Bertz CT molecular complexity index is 1100. The second-order valence-electron chi connectivity index (χ2n) is 7.77. The van der Waals surface area contributed by atoms with E-state index in [9.17, 15) is 4.79 Å². The minimum atomic E-state index is -0.416. The first-order valence-electron chi connectivity index (χ1n) is 10.6. The molecule has 2 aromatic rings. The normalized spacial score (nSPS) is 17.4. The number of hydrogen-bond acceptors (Lipinski definition) is 4. The number of carbonyl (C=O) groups is 1. The summed E-state index contributed by atoms with van der Waals surface area (Å²) in [6, 6.07) is 5.43. The molecule has 0 spiro atoms. The van der Waals surface area contributed by atoms with E-state index in [1.807, 2.05) is 29.8 Å². The number of methoxy groups -OCH3 is 1. The molecule has 2 aliphatic carbocycles. The van der Waals surface area contributed by atoms with Crippen LogP contribution in [0.3, 0.4) is 0 Å². The van der Waals surface area contributed by atoms with E-state index in [4.69, 9.17) is 14.2 Å². The Morgan fingerprint density at radius 3 is 2.73 bits per heavy atom. The molecule has 176 valence electrons. The topological polar surface area (TPSA) is 49.7 Å². The zero-order valence-corrected chi connectivity index (χ0v) is 18.2. The number of aromatic nitrogens is 1. The fourth-order valence-corrected chi connectivity index (χ4v) is 3.89. The van der Waals surface area contributed by atoms with Gasteiger partial charge in [-0.05, 0) is 61.8 Å². The van der Waals surface area contributed by atoms with Gasteiger partial charge in [0.25, 0.3) is 0 Å².